The van der Waals surface area contributed by atoms with E-state index >= 15 is 0 Å². The van der Waals surface area contributed by atoms with Crippen molar-refractivity contribution in [1.29, 1.82) is 0 Å². The quantitative estimate of drug-likeness (QED) is 0.749. The molecule has 2 nitrogen and oxygen atoms in total. The molecule has 0 atom stereocenters. The van der Waals surface area contributed by atoms with Gasteiger partial charge in [-0.3, -0.25) is 0 Å². The predicted molar refractivity (Wildman–Crippen MR) is 56.9 cm³/mol. The molecule has 1 aliphatic carbocycles. The third kappa shape index (κ3) is 2.72. The number of hydrogen-bond donors (Lipinski definition) is 0. The van der Waals surface area contributed by atoms with Crippen molar-refractivity contribution in [2.45, 2.75) is 24.5 Å². The SMILES string of the molecule is O=S(=O)(Cl)Cc1cccc(C2CC2)c1. The van der Waals surface area contributed by atoms with Gasteiger partial charge >= 0.3 is 0 Å². The van der Waals surface area contributed by atoms with E-state index < -0.39 is 9.05 Å². The molecule has 0 unspecified atom stereocenters. The minimum absolute atomic E-state index is 0.0743. The summed E-state index contributed by atoms with van der Waals surface area (Å²) >= 11 is 0. The van der Waals surface area contributed by atoms with Gasteiger partial charge in [0.15, 0.2) is 0 Å². The van der Waals surface area contributed by atoms with Gasteiger partial charge in [0, 0.05) is 10.7 Å². The van der Waals surface area contributed by atoms with Crippen LogP contribution < -0.4 is 0 Å². The maximum absolute atomic E-state index is 10.9. The minimum atomic E-state index is -3.43. The first-order valence-electron chi connectivity index (χ1n) is 4.56. The van der Waals surface area contributed by atoms with E-state index in [9.17, 15) is 8.42 Å². The summed E-state index contributed by atoms with van der Waals surface area (Å²) in [4.78, 5) is 0. The fourth-order valence-corrected chi connectivity index (χ4v) is 2.51. The summed E-state index contributed by atoms with van der Waals surface area (Å²) in [5.74, 6) is 0.572. The number of halogens is 1. The van der Waals surface area contributed by atoms with E-state index in [4.69, 9.17) is 10.7 Å². The Hall–Kier alpha value is -0.540. The van der Waals surface area contributed by atoms with Gasteiger partial charge in [-0.2, -0.15) is 0 Å². The van der Waals surface area contributed by atoms with Crippen LogP contribution in [0.25, 0.3) is 0 Å². The van der Waals surface area contributed by atoms with Gasteiger partial charge in [-0.1, -0.05) is 24.3 Å². The van der Waals surface area contributed by atoms with Gasteiger partial charge in [-0.15, -0.1) is 0 Å². The highest BCUT2D eigenvalue weighted by Gasteiger charge is 2.23. The highest BCUT2D eigenvalue weighted by molar-refractivity contribution is 8.13. The van der Waals surface area contributed by atoms with Gasteiger partial charge in [0.25, 0.3) is 0 Å². The normalized spacial score (nSPS) is 16.9. The molecule has 0 saturated heterocycles. The Morgan fingerprint density at radius 3 is 2.64 bits per heavy atom. The lowest BCUT2D eigenvalue weighted by Crippen LogP contribution is -1.95. The lowest BCUT2D eigenvalue weighted by molar-refractivity contribution is 0.609. The average Bonchev–Trinajstić information content (AvgIpc) is 2.83. The minimum Gasteiger partial charge on any atom is -0.212 e. The van der Waals surface area contributed by atoms with Crippen LogP contribution in [0.15, 0.2) is 24.3 Å². The number of rotatable bonds is 3. The standard InChI is InChI=1S/C10H11ClO2S/c11-14(12,13)7-8-2-1-3-10(6-8)9-4-5-9/h1-3,6,9H,4-5,7H2. The highest BCUT2D eigenvalue weighted by Crippen LogP contribution is 2.40. The van der Waals surface area contributed by atoms with Crippen molar-refractivity contribution in [3.05, 3.63) is 35.4 Å². The molecule has 0 heterocycles. The Balaban J connectivity index is 2.21. The first-order valence-corrected chi connectivity index (χ1v) is 7.03. The molecule has 0 radical (unpaired) electrons. The van der Waals surface area contributed by atoms with Crippen LogP contribution in [-0.4, -0.2) is 8.42 Å². The van der Waals surface area contributed by atoms with Gasteiger partial charge in [0.1, 0.15) is 0 Å². The van der Waals surface area contributed by atoms with E-state index in [-0.39, 0.29) is 5.75 Å². The van der Waals surface area contributed by atoms with E-state index in [0.29, 0.717) is 5.92 Å². The molecule has 4 heteroatoms. The Morgan fingerprint density at radius 2 is 2.07 bits per heavy atom. The highest BCUT2D eigenvalue weighted by atomic mass is 35.7. The second-order valence-electron chi connectivity index (χ2n) is 3.70. The largest absolute Gasteiger partial charge is 0.236 e. The monoisotopic (exact) mass is 230 g/mol. The molecule has 0 aromatic heterocycles. The second-order valence-corrected chi connectivity index (χ2v) is 6.48. The smallest absolute Gasteiger partial charge is 0.212 e. The van der Waals surface area contributed by atoms with E-state index in [1.54, 1.807) is 6.07 Å². The van der Waals surface area contributed by atoms with Gasteiger partial charge in [-0.25, -0.2) is 8.42 Å². The summed E-state index contributed by atoms with van der Waals surface area (Å²) in [5, 5.41) is 0. The van der Waals surface area contributed by atoms with Crippen molar-refractivity contribution in [3.63, 3.8) is 0 Å². The molecule has 76 valence electrons. The van der Waals surface area contributed by atoms with Crippen molar-refractivity contribution in [2.75, 3.05) is 0 Å². The number of benzene rings is 1. The summed E-state index contributed by atoms with van der Waals surface area (Å²) < 4.78 is 21.7. The van der Waals surface area contributed by atoms with E-state index in [1.807, 2.05) is 18.2 Å². The zero-order chi connectivity index (χ0) is 10.2. The Morgan fingerprint density at radius 1 is 1.36 bits per heavy atom. The predicted octanol–water partition coefficient (Wildman–Crippen LogP) is 2.63. The molecule has 0 aliphatic heterocycles. The van der Waals surface area contributed by atoms with Crippen LogP contribution >= 0.6 is 10.7 Å². The molecule has 0 bridgehead atoms. The molecule has 1 fully saturated rings. The summed E-state index contributed by atoms with van der Waals surface area (Å²) in [7, 11) is 1.76. The summed E-state index contributed by atoms with van der Waals surface area (Å²) in [6.45, 7) is 0. The van der Waals surface area contributed by atoms with Crippen LogP contribution in [0.3, 0.4) is 0 Å². The summed E-state index contributed by atoms with van der Waals surface area (Å²) in [6, 6.07) is 7.68. The van der Waals surface area contributed by atoms with Crippen LogP contribution in [0.4, 0.5) is 0 Å². The maximum Gasteiger partial charge on any atom is 0.236 e. The van der Waals surface area contributed by atoms with E-state index in [2.05, 4.69) is 0 Å². The van der Waals surface area contributed by atoms with Crippen molar-refractivity contribution in [3.8, 4) is 0 Å². The van der Waals surface area contributed by atoms with E-state index in [1.165, 1.54) is 18.4 Å². The average molecular weight is 231 g/mol. The first-order chi connectivity index (χ1) is 6.54. The maximum atomic E-state index is 10.9. The van der Waals surface area contributed by atoms with Crippen molar-refractivity contribution in [1.82, 2.24) is 0 Å². The van der Waals surface area contributed by atoms with Crippen LogP contribution in [0.5, 0.6) is 0 Å². The van der Waals surface area contributed by atoms with Gasteiger partial charge in [0.05, 0.1) is 5.75 Å². The molecule has 0 N–H and O–H groups in total. The lowest BCUT2D eigenvalue weighted by Gasteiger charge is -2.01. The molecule has 0 spiro atoms. The van der Waals surface area contributed by atoms with Crippen molar-refractivity contribution >= 4 is 19.7 Å². The van der Waals surface area contributed by atoms with Crippen molar-refractivity contribution < 1.29 is 8.42 Å². The Bertz CT molecular complexity index is 435. The lowest BCUT2D eigenvalue weighted by atomic mass is 10.1. The Kier molecular flexibility index (Phi) is 2.54. The van der Waals surface area contributed by atoms with E-state index in [0.717, 1.165) is 5.56 Å². The first kappa shape index (κ1) is 9.99. The molecule has 14 heavy (non-hydrogen) atoms. The van der Waals surface area contributed by atoms with Crippen LogP contribution in [0.2, 0.25) is 0 Å². The fourth-order valence-electron chi connectivity index (χ4n) is 1.55. The Labute approximate surface area is 88.3 Å². The van der Waals surface area contributed by atoms with Gasteiger partial charge in [0.2, 0.25) is 9.05 Å². The molecule has 1 aliphatic rings. The van der Waals surface area contributed by atoms with Crippen LogP contribution in [0, 0.1) is 0 Å². The second kappa shape index (κ2) is 3.55. The number of hydrogen-bond acceptors (Lipinski definition) is 2. The van der Waals surface area contributed by atoms with Crippen LogP contribution in [0.1, 0.15) is 29.9 Å². The fraction of sp³-hybridized carbons (Fsp3) is 0.400. The zero-order valence-electron chi connectivity index (χ0n) is 7.61. The third-order valence-corrected chi connectivity index (χ3v) is 3.34. The zero-order valence-corrected chi connectivity index (χ0v) is 9.18. The molecular formula is C10H11ClO2S. The summed E-state index contributed by atoms with van der Waals surface area (Å²) in [5.41, 5.74) is 2.02. The van der Waals surface area contributed by atoms with Crippen molar-refractivity contribution in [2.24, 2.45) is 0 Å². The molecular weight excluding hydrogens is 220 g/mol. The topological polar surface area (TPSA) is 34.1 Å². The van der Waals surface area contributed by atoms with Gasteiger partial charge < -0.3 is 0 Å². The summed E-state index contributed by atoms with van der Waals surface area (Å²) in [6.07, 6.45) is 2.44. The molecule has 1 aromatic carbocycles. The van der Waals surface area contributed by atoms with Crippen LogP contribution in [-0.2, 0) is 14.8 Å². The molecule has 1 saturated carbocycles. The molecule has 2 rings (SSSR count). The third-order valence-electron chi connectivity index (χ3n) is 2.34. The van der Waals surface area contributed by atoms with Gasteiger partial charge in [-0.05, 0) is 29.9 Å². The molecule has 1 aromatic rings. The molecule has 0 amide bonds.